The van der Waals surface area contributed by atoms with Gasteiger partial charge in [-0.1, -0.05) is 0 Å². The van der Waals surface area contributed by atoms with Crippen LogP contribution in [0.25, 0.3) is 0 Å². The average Bonchev–Trinajstić information content (AvgIpc) is 1.88. The molecule has 0 aliphatic rings. The molecule has 0 radical (unpaired) electrons. The highest BCUT2D eigenvalue weighted by Gasteiger charge is 1.92. The topological polar surface area (TPSA) is 18.5 Å². The molecule has 0 amide bonds. The van der Waals surface area contributed by atoms with Crippen molar-refractivity contribution in [3.63, 3.8) is 0 Å². The monoisotopic (exact) mass is 152 g/mol. The van der Waals surface area contributed by atoms with Gasteiger partial charge in [0.15, 0.2) is 0 Å². The standard InChI is InChI=1S/C6H16O2S/c1-4-7-9(6-3)8-5-2/h9H,4-6H2,1-3H3. The minimum atomic E-state index is -0.559. The molecular weight excluding hydrogens is 136 g/mol. The molecule has 0 aliphatic heterocycles. The highest BCUT2D eigenvalue weighted by molar-refractivity contribution is 8.08. The lowest BCUT2D eigenvalue weighted by atomic mass is 10.9. The van der Waals surface area contributed by atoms with Crippen LogP contribution < -0.4 is 0 Å². The van der Waals surface area contributed by atoms with Crippen LogP contribution in [0.4, 0.5) is 0 Å². The third-order valence-electron chi connectivity index (χ3n) is 0.804. The Morgan fingerprint density at radius 2 is 1.44 bits per heavy atom. The van der Waals surface area contributed by atoms with Crippen LogP contribution in [0.3, 0.4) is 0 Å². The summed E-state index contributed by atoms with van der Waals surface area (Å²) in [6.07, 6.45) is 0. The Bertz CT molecular complexity index is 53.0. The summed E-state index contributed by atoms with van der Waals surface area (Å²) in [4.78, 5) is 0. The van der Waals surface area contributed by atoms with Crippen molar-refractivity contribution >= 4 is 11.5 Å². The molecule has 58 valence electrons. The van der Waals surface area contributed by atoms with E-state index in [0.717, 1.165) is 19.0 Å². The molecule has 0 fully saturated rings. The van der Waals surface area contributed by atoms with Gasteiger partial charge in [0, 0.05) is 5.75 Å². The van der Waals surface area contributed by atoms with Gasteiger partial charge in [-0.05, 0) is 20.8 Å². The smallest absolute Gasteiger partial charge is 0.0682 e. The van der Waals surface area contributed by atoms with Gasteiger partial charge in [-0.2, -0.15) is 0 Å². The lowest BCUT2D eigenvalue weighted by molar-refractivity contribution is 0.294. The quantitative estimate of drug-likeness (QED) is 0.607. The van der Waals surface area contributed by atoms with Crippen molar-refractivity contribution in [2.24, 2.45) is 0 Å². The molecule has 0 aromatic rings. The number of hydrogen-bond acceptors (Lipinski definition) is 2. The van der Waals surface area contributed by atoms with Crippen LogP contribution in [0.5, 0.6) is 0 Å². The average molecular weight is 152 g/mol. The Hall–Kier alpha value is 0.270. The van der Waals surface area contributed by atoms with E-state index in [-0.39, 0.29) is 0 Å². The molecule has 0 spiro atoms. The van der Waals surface area contributed by atoms with Gasteiger partial charge < -0.3 is 0 Å². The van der Waals surface area contributed by atoms with Crippen molar-refractivity contribution in [1.29, 1.82) is 0 Å². The van der Waals surface area contributed by atoms with Crippen molar-refractivity contribution in [1.82, 2.24) is 0 Å². The first-order valence-electron chi connectivity index (χ1n) is 3.38. The zero-order chi connectivity index (χ0) is 7.11. The van der Waals surface area contributed by atoms with Crippen LogP contribution in [0.1, 0.15) is 20.8 Å². The Morgan fingerprint density at radius 3 is 1.67 bits per heavy atom. The van der Waals surface area contributed by atoms with E-state index in [9.17, 15) is 0 Å². The lowest BCUT2D eigenvalue weighted by Gasteiger charge is -2.21. The molecule has 0 heterocycles. The van der Waals surface area contributed by atoms with Crippen LogP contribution >= 0.6 is 11.5 Å². The Morgan fingerprint density at radius 1 is 1.00 bits per heavy atom. The van der Waals surface area contributed by atoms with Crippen molar-refractivity contribution < 1.29 is 8.37 Å². The van der Waals surface area contributed by atoms with E-state index < -0.39 is 11.5 Å². The van der Waals surface area contributed by atoms with Gasteiger partial charge in [-0.25, -0.2) is 11.5 Å². The van der Waals surface area contributed by atoms with Crippen molar-refractivity contribution in [2.75, 3.05) is 19.0 Å². The minimum Gasteiger partial charge on any atom is -0.287 e. The predicted octanol–water partition coefficient (Wildman–Crippen LogP) is 1.91. The molecule has 3 heteroatoms. The number of thiol groups is 1. The fourth-order valence-electron chi connectivity index (χ4n) is 0.508. The van der Waals surface area contributed by atoms with Crippen molar-refractivity contribution in [3.05, 3.63) is 0 Å². The fraction of sp³-hybridized carbons (Fsp3) is 1.00. The van der Waals surface area contributed by atoms with Crippen LogP contribution in [-0.2, 0) is 8.37 Å². The molecule has 2 nitrogen and oxygen atoms in total. The summed E-state index contributed by atoms with van der Waals surface area (Å²) >= 11 is -0.559. The molecule has 0 atom stereocenters. The molecule has 0 saturated heterocycles. The second-order valence-electron chi connectivity index (χ2n) is 1.48. The van der Waals surface area contributed by atoms with E-state index in [4.69, 9.17) is 8.37 Å². The lowest BCUT2D eigenvalue weighted by Crippen LogP contribution is -1.95. The van der Waals surface area contributed by atoms with Gasteiger partial charge in [-0.3, -0.25) is 8.37 Å². The second kappa shape index (κ2) is 6.39. The third kappa shape index (κ3) is 4.75. The van der Waals surface area contributed by atoms with Crippen LogP contribution in [0.15, 0.2) is 0 Å². The summed E-state index contributed by atoms with van der Waals surface area (Å²) < 4.78 is 10.5. The molecule has 9 heavy (non-hydrogen) atoms. The summed E-state index contributed by atoms with van der Waals surface area (Å²) in [5.41, 5.74) is 0. The Labute approximate surface area is 60.3 Å². The Balaban J connectivity index is 3.18. The zero-order valence-corrected chi connectivity index (χ0v) is 7.28. The van der Waals surface area contributed by atoms with Gasteiger partial charge in [0.2, 0.25) is 0 Å². The van der Waals surface area contributed by atoms with Crippen LogP contribution in [0.2, 0.25) is 0 Å². The van der Waals surface area contributed by atoms with E-state index in [1.807, 2.05) is 13.8 Å². The molecule has 0 N–H and O–H groups in total. The van der Waals surface area contributed by atoms with Gasteiger partial charge in [0.1, 0.15) is 0 Å². The predicted molar refractivity (Wildman–Crippen MR) is 42.8 cm³/mol. The maximum Gasteiger partial charge on any atom is 0.0682 e. The summed E-state index contributed by atoms with van der Waals surface area (Å²) in [6, 6.07) is 0. The summed E-state index contributed by atoms with van der Waals surface area (Å²) in [6.45, 7) is 7.59. The summed E-state index contributed by atoms with van der Waals surface area (Å²) in [7, 11) is 0. The number of rotatable bonds is 5. The molecule has 0 unspecified atom stereocenters. The van der Waals surface area contributed by atoms with Crippen LogP contribution in [-0.4, -0.2) is 19.0 Å². The SMILES string of the molecule is CCO[SH](CC)OCC. The van der Waals surface area contributed by atoms with Crippen molar-refractivity contribution in [3.8, 4) is 0 Å². The molecule has 0 saturated carbocycles. The van der Waals surface area contributed by atoms with E-state index in [1.165, 1.54) is 0 Å². The van der Waals surface area contributed by atoms with Gasteiger partial charge in [0.05, 0.1) is 13.2 Å². The first-order valence-corrected chi connectivity index (χ1v) is 4.74. The largest absolute Gasteiger partial charge is 0.287 e. The summed E-state index contributed by atoms with van der Waals surface area (Å²) in [5.74, 6) is 0.997. The summed E-state index contributed by atoms with van der Waals surface area (Å²) in [5, 5.41) is 0. The number of hydrogen-bond donors (Lipinski definition) is 1. The van der Waals surface area contributed by atoms with E-state index >= 15 is 0 Å². The molecule has 0 aliphatic carbocycles. The maximum atomic E-state index is 5.27. The molecule has 0 aromatic carbocycles. The highest BCUT2D eigenvalue weighted by Crippen LogP contribution is 2.26. The Kier molecular flexibility index (Phi) is 6.58. The minimum absolute atomic E-state index is 0.559. The van der Waals surface area contributed by atoms with Gasteiger partial charge in [0.25, 0.3) is 0 Å². The molecule has 0 bridgehead atoms. The second-order valence-corrected chi connectivity index (χ2v) is 3.30. The molecule has 0 aromatic heterocycles. The molecular formula is C6H16O2S. The van der Waals surface area contributed by atoms with Gasteiger partial charge >= 0.3 is 0 Å². The zero-order valence-electron chi connectivity index (χ0n) is 6.39. The van der Waals surface area contributed by atoms with Crippen LogP contribution in [0, 0.1) is 0 Å². The van der Waals surface area contributed by atoms with E-state index in [1.54, 1.807) is 0 Å². The van der Waals surface area contributed by atoms with Crippen molar-refractivity contribution in [2.45, 2.75) is 20.8 Å². The highest BCUT2D eigenvalue weighted by atomic mass is 32.2. The maximum absolute atomic E-state index is 5.27. The first-order chi connectivity index (χ1) is 4.35. The van der Waals surface area contributed by atoms with E-state index in [2.05, 4.69) is 6.92 Å². The fourth-order valence-corrected chi connectivity index (χ4v) is 1.52. The molecule has 0 rings (SSSR count). The normalized spacial score (nSPS) is 11.7. The van der Waals surface area contributed by atoms with E-state index in [0.29, 0.717) is 0 Å². The first kappa shape index (κ1) is 9.27. The van der Waals surface area contributed by atoms with Gasteiger partial charge in [-0.15, -0.1) is 0 Å². The third-order valence-corrected chi connectivity index (χ3v) is 2.41.